The van der Waals surface area contributed by atoms with Gasteiger partial charge in [0.2, 0.25) is 0 Å². The molecule has 0 aliphatic rings. The summed E-state index contributed by atoms with van der Waals surface area (Å²) in [5.41, 5.74) is 2.98. The molecule has 0 saturated carbocycles. The minimum Gasteiger partial charge on any atom is -0.508 e. The lowest BCUT2D eigenvalue weighted by atomic mass is 9.86. The van der Waals surface area contributed by atoms with Crippen LogP contribution in [0.5, 0.6) is 5.75 Å². The predicted octanol–water partition coefficient (Wildman–Crippen LogP) is 2.67. The van der Waals surface area contributed by atoms with Gasteiger partial charge >= 0.3 is 11.9 Å². The quantitative estimate of drug-likeness (QED) is 0.347. The average Bonchev–Trinajstić information content (AvgIpc) is 2.81. The van der Waals surface area contributed by atoms with E-state index in [1.165, 1.54) is 0 Å². The van der Waals surface area contributed by atoms with Crippen molar-refractivity contribution in [2.45, 2.75) is 64.3 Å². The summed E-state index contributed by atoms with van der Waals surface area (Å²) in [4.78, 5) is 24.8. The van der Waals surface area contributed by atoms with Crippen LogP contribution in [0.3, 0.4) is 0 Å². The molecule has 1 unspecified atom stereocenters. The van der Waals surface area contributed by atoms with Crippen LogP contribution in [0.4, 0.5) is 0 Å². The molecule has 0 amide bonds. The highest BCUT2D eigenvalue weighted by atomic mass is 16.6. The highest BCUT2D eigenvalue weighted by Gasteiger charge is 2.32. The van der Waals surface area contributed by atoms with Gasteiger partial charge in [0.15, 0.2) is 12.2 Å². The minimum absolute atomic E-state index is 0.0513. The van der Waals surface area contributed by atoms with Gasteiger partial charge in [0, 0.05) is 23.6 Å². The molecule has 2 aromatic carbocycles. The molecule has 8 nitrogen and oxygen atoms in total. The van der Waals surface area contributed by atoms with Crippen molar-refractivity contribution in [1.82, 2.24) is 4.90 Å². The maximum atomic E-state index is 11.9. The second-order valence-corrected chi connectivity index (χ2v) is 8.85. The van der Waals surface area contributed by atoms with E-state index in [1.54, 1.807) is 6.07 Å². The zero-order valence-corrected chi connectivity index (χ0v) is 20.1. The van der Waals surface area contributed by atoms with Crippen molar-refractivity contribution < 1.29 is 34.8 Å². The Morgan fingerprint density at radius 3 is 2.24 bits per heavy atom. The largest absolute Gasteiger partial charge is 0.508 e. The smallest absolute Gasteiger partial charge is 0.338 e. The number of carbonyl (C=O) groups excluding carboxylic acids is 1. The number of aliphatic hydroxyl groups excluding tert-OH is 2. The summed E-state index contributed by atoms with van der Waals surface area (Å²) in [5.74, 6) is -2.70. The Hall–Kier alpha value is -2.94. The van der Waals surface area contributed by atoms with Crippen LogP contribution < -0.4 is 0 Å². The molecule has 0 heterocycles. The highest BCUT2D eigenvalue weighted by Crippen LogP contribution is 2.35. The first-order valence-electron chi connectivity index (χ1n) is 11.4. The summed E-state index contributed by atoms with van der Waals surface area (Å²) in [5, 5.41) is 38.3. The lowest BCUT2D eigenvalue weighted by Crippen LogP contribution is -2.45. The number of carboxylic acid groups (broad SMARTS) is 1. The highest BCUT2D eigenvalue weighted by molar-refractivity contribution is 5.84. The lowest BCUT2D eigenvalue weighted by Gasteiger charge is -2.34. The van der Waals surface area contributed by atoms with E-state index in [1.807, 2.05) is 70.2 Å². The Kier molecular flexibility index (Phi) is 10.0. The van der Waals surface area contributed by atoms with E-state index in [-0.39, 0.29) is 30.4 Å². The van der Waals surface area contributed by atoms with Gasteiger partial charge in [-0.05, 0) is 52.3 Å². The summed E-state index contributed by atoms with van der Waals surface area (Å²) in [6.07, 6.45) is -3.70. The SMILES string of the molecule is Cc1ccc(O)c([C@@H](CCN(C(C)C)C(C)COC(=O)[C@H](O)[C@@H](O)C(=O)O)c2ccccc2)c1. The molecule has 0 radical (unpaired) electrons. The number of aromatic hydroxyl groups is 1. The number of phenols is 1. The molecule has 4 N–H and O–H groups in total. The standard InChI is InChI=1S/C26H35NO7/c1-16(2)27(18(4)15-34-26(33)24(30)23(29)25(31)32)13-12-20(19-8-6-5-7-9-19)21-14-17(3)10-11-22(21)28/h5-11,14,16,18,20,23-24,28-30H,12-13,15H2,1-4H3,(H,31,32)/t18?,20-,23+,24+/m0/s1. The zero-order chi connectivity index (χ0) is 25.4. The molecule has 0 aliphatic heterocycles. The van der Waals surface area contributed by atoms with Crippen LogP contribution in [-0.4, -0.2) is 74.7 Å². The maximum Gasteiger partial charge on any atom is 0.338 e. The normalized spacial score (nSPS) is 15.1. The number of hydrogen-bond acceptors (Lipinski definition) is 7. The fourth-order valence-electron chi connectivity index (χ4n) is 4.05. The van der Waals surface area contributed by atoms with E-state index in [0.717, 1.165) is 16.7 Å². The van der Waals surface area contributed by atoms with E-state index in [0.29, 0.717) is 13.0 Å². The van der Waals surface area contributed by atoms with Crippen molar-refractivity contribution in [1.29, 1.82) is 0 Å². The second kappa shape index (κ2) is 12.5. The third-order valence-corrected chi connectivity index (χ3v) is 5.93. The Morgan fingerprint density at radius 1 is 1.00 bits per heavy atom. The number of aliphatic carboxylic acids is 1. The number of ether oxygens (including phenoxy) is 1. The van der Waals surface area contributed by atoms with Crippen LogP contribution in [0.2, 0.25) is 0 Å². The molecule has 0 bridgehead atoms. The van der Waals surface area contributed by atoms with Crippen LogP contribution in [-0.2, 0) is 14.3 Å². The molecule has 186 valence electrons. The molecule has 4 atom stereocenters. The van der Waals surface area contributed by atoms with Crippen LogP contribution in [0.15, 0.2) is 48.5 Å². The number of carboxylic acids is 1. The van der Waals surface area contributed by atoms with Gasteiger partial charge in [0.25, 0.3) is 0 Å². The van der Waals surface area contributed by atoms with Crippen molar-refractivity contribution >= 4 is 11.9 Å². The lowest BCUT2D eigenvalue weighted by molar-refractivity contribution is -0.170. The van der Waals surface area contributed by atoms with Gasteiger partial charge in [-0.2, -0.15) is 0 Å². The molecule has 0 aliphatic carbocycles. The number of esters is 1. The first kappa shape index (κ1) is 27.3. The van der Waals surface area contributed by atoms with Gasteiger partial charge in [0.05, 0.1) is 0 Å². The predicted molar refractivity (Wildman–Crippen MR) is 128 cm³/mol. The van der Waals surface area contributed by atoms with E-state index in [2.05, 4.69) is 4.90 Å². The van der Waals surface area contributed by atoms with Crippen molar-refractivity contribution in [3.63, 3.8) is 0 Å². The van der Waals surface area contributed by atoms with E-state index >= 15 is 0 Å². The molecule has 0 spiro atoms. The first-order valence-corrected chi connectivity index (χ1v) is 11.4. The number of benzene rings is 2. The number of aryl methyl sites for hydroxylation is 1. The third-order valence-electron chi connectivity index (χ3n) is 5.93. The Balaban J connectivity index is 2.14. The van der Waals surface area contributed by atoms with Crippen LogP contribution >= 0.6 is 0 Å². The van der Waals surface area contributed by atoms with Gasteiger partial charge in [-0.3, -0.25) is 4.90 Å². The number of carbonyl (C=O) groups is 2. The molecule has 2 aromatic rings. The van der Waals surface area contributed by atoms with Crippen LogP contribution in [0.1, 0.15) is 49.8 Å². The van der Waals surface area contributed by atoms with Gasteiger partial charge < -0.3 is 25.2 Å². The molecule has 2 rings (SSSR count). The fraction of sp³-hybridized carbons (Fsp3) is 0.462. The average molecular weight is 474 g/mol. The van der Waals surface area contributed by atoms with Gasteiger partial charge in [-0.25, -0.2) is 9.59 Å². The second-order valence-electron chi connectivity index (χ2n) is 8.85. The van der Waals surface area contributed by atoms with Crippen molar-refractivity contribution in [3.8, 4) is 5.75 Å². The number of hydrogen-bond donors (Lipinski definition) is 4. The van der Waals surface area contributed by atoms with Crippen molar-refractivity contribution in [3.05, 3.63) is 65.2 Å². The van der Waals surface area contributed by atoms with Gasteiger partial charge in [-0.1, -0.05) is 48.0 Å². The summed E-state index contributed by atoms with van der Waals surface area (Å²) < 4.78 is 5.09. The summed E-state index contributed by atoms with van der Waals surface area (Å²) in [6, 6.07) is 15.4. The number of aliphatic hydroxyl groups is 2. The van der Waals surface area contributed by atoms with Gasteiger partial charge in [-0.15, -0.1) is 0 Å². The molecule has 0 aromatic heterocycles. The zero-order valence-electron chi connectivity index (χ0n) is 20.1. The third kappa shape index (κ3) is 7.28. The summed E-state index contributed by atoms with van der Waals surface area (Å²) >= 11 is 0. The van der Waals surface area contributed by atoms with Crippen molar-refractivity contribution in [2.75, 3.05) is 13.2 Å². The van der Waals surface area contributed by atoms with Crippen LogP contribution in [0, 0.1) is 6.92 Å². The Morgan fingerprint density at radius 2 is 1.65 bits per heavy atom. The van der Waals surface area contributed by atoms with E-state index in [4.69, 9.17) is 9.84 Å². The fourth-order valence-corrected chi connectivity index (χ4v) is 4.05. The topological polar surface area (TPSA) is 128 Å². The number of rotatable bonds is 12. The van der Waals surface area contributed by atoms with Crippen LogP contribution in [0.25, 0.3) is 0 Å². The number of phenolic OH excluding ortho intramolecular Hbond substituents is 1. The number of nitrogens with zero attached hydrogens (tertiary/aromatic N) is 1. The Bertz CT molecular complexity index is 947. The van der Waals surface area contributed by atoms with E-state index < -0.39 is 24.1 Å². The minimum atomic E-state index is -2.24. The van der Waals surface area contributed by atoms with Gasteiger partial charge in [0.1, 0.15) is 12.4 Å². The molecule has 0 fully saturated rings. The first-order chi connectivity index (χ1) is 16.0. The molecule has 34 heavy (non-hydrogen) atoms. The molecule has 0 saturated heterocycles. The van der Waals surface area contributed by atoms with Crippen molar-refractivity contribution in [2.24, 2.45) is 0 Å². The monoisotopic (exact) mass is 473 g/mol. The maximum absolute atomic E-state index is 11.9. The Labute approximate surface area is 200 Å². The summed E-state index contributed by atoms with van der Waals surface area (Å²) in [7, 11) is 0. The summed E-state index contributed by atoms with van der Waals surface area (Å²) in [6.45, 7) is 8.44. The van der Waals surface area contributed by atoms with E-state index in [9.17, 15) is 24.9 Å². The molecule has 8 heteroatoms. The molecular weight excluding hydrogens is 438 g/mol. The molecular formula is C26H35NO7.